The maximum Gasteiger partial charge on any atom is 0.225 e. The van der Waals surface area contributed by atoms with E-state index in [4.69, 9.17) is 23.2 Å². The number of fused-ring (bicyclic) bond motifs is 2. The second-order valence-electron chi connectivity index (χ2n) is 7.01. The Morgan fingerprint density at radius 2 is 1.77 bits per heavy atom. The molecule has 1 fully saturated rings. The van der Waals surface area contributed by atoms with Gasteiger partial charge in [0.15, 0.2) is 0 Å². The first kappa shape index (κ1) is 16.1. The SMILES string of the molecule is Clc1nc(Cl)c2ccn(C3CCC(c4ccc5ccccc5c4)C3)c2n1. The summed E-state index contributed by atoms with van der Waals surface area (Å²) < 4.78 is 2.22. The molecule has 5 rings (SSSR count). The third-order valence-corrected chi connectivity index (χ3v) is 6.00. The van der Waals surface area contributed by atoms with E-state index in [9.17, 15) is 0 Å². The minimum Gasteiger partial charge on any atom is -0.329 e. The Bertz CT molecular complexity index is 1120. The molecule has 0 aliphatic heterocycles. The molecule has 5 heteroatoms. The molecule has 3 nitrogen and oxygen atoms in total. The lowest BCUT2D eigenvalue weighted by Gasteiger charge is -2.15. The minimum absolute atomic E-state index is 0.200. The molecule has 1 aliphatic carbocycles. The number of halogens is 2. The highest BCUT2D eigenvalue weighted by Crippen LogP contribution is 2.43. The topological polar surface area (TPSA) is 30.7 Å². The van der Waals surface area contributed by atoms with Crippen LogP contribution in [0.3, 0.4) is 0 Å². The van der Waals surface area contributed by atoms with Crippen molar-refractivity contribution in [2.75, 3.05) is 0 Å². The molecule has 0 radical (unpaired) electrons. The lowest BCUT2D eigenvalue weighted by Crippen LogP contribution is -2.05. The van der Waals surface area contributed by atoms with Crippen molar-refractivity contribution in [1.29, 1.82) is 0 Å². The first-order valence-electron chi connectivity index (χ1n) is 8.87. The van der Waals surface area contributed by atoms with E-state index in [1.807, 2.05) is 6.07 Å². The summed E-state index contributed by atoms with van der Waals surface area (Å²) in [6, 6.07) is 17.8. The largest absolute Gasteiger partial charge is 0.329 e. The maximum atomic E-state index is 6.21. The average molecular weight is 382 g/mol. The van der Waals surface area contributed by atoms with Gasteiger partial charge < -0.3 is 4.57 Å². The molecule has 1 aliphatic rings. The van der Waals surface area contributed by atoms with Crippen molar-refractivity contribution in [1.82, 2.24) is 14.5 Å². The number of aromatic nitrogens is 3. The molecular weight excluding hydrogens is 365 g/mol. The van der Waals surface area contributed by atoms with Gasteiger partial charge in [-0.25, -0.2) is 4.98 Å². The summed E-state index contributed by atoms with van der Waals surface area (Å²) in [6.07, 6.45) is 5.46. The number of hydrogen-bond acceptors (Lipinski definition) is 2. The molecule has 0 amide bonds. The summed E-state index contributed by atoms with van der Waals surface area (Å²) in [6.45, 7) is 0. The van der Waals surface area contributed by atoms with E-state index in [2.05, 4.69) is 63.2 Å². The van der Waals surface area contributed by atoms with Gasteiger partial charge in [-0.05, 0) is 59.2 Å². The van der Waals surface area contributed by atoms with E-state index in [-0.39, 0.29) is 5.28 Å². The molecule has 2 unspecified atom stereocenters. The van der Waals surface area contributed by atoms with E-state index >= 15 is 0 Å². The molecule has 130 valence electrons. The van der Waals surface area contributed by atoms with Gasteiger partial charge in [-0.15, -0.1) is 0 Å². The van der Waals surface area contributed by atoms with Crippen LogP contribution in [0, 0.1) is 0 Å². The van der Waals surface area contributed by atoms with Crippen molar-refractivity contribution in [3.63, 3.8) is 0 Å². The van der Waals surface area contributed by atoms with Crippen molar-refractivity contribution in [2.45, 2.75) is 31.2 Å². The van der Waals surface area contributed by atoms with E-state index in [1.54, 1.807) is 0 Å². The van der Waals surface area contributed by atoms with Crippen LogP contribution in [0.1, 0.15) is 36.8 Å². The highest BCUT2D eigenvalue weighted by Gasteiger charge is 2.28. The molecule has 1 saturated carbocycles. The Morgan fingerprint density at radius 1 is 0.923 bits per heavy atom. The van der Waals surface area contributed by atoms with Gasteiger partial charge in [-0.1, -0.05) is 54.1 Å². The minimum atomic E-state index is 0.200. The van der Waals surface area contributed by atoms with Crippen molar-refractivity contribution in [2.24, 2.45) is 0 Å². The van der Waals surface area contributed by atoms with Gasteiger partial charge in [0.25, 0.3) is 0 Å². The predicted octanol–water partition coefficient (Wildman–Crippen LogP) is 6.40. The molecule has 2 heterocycles. The number of rotatable bonds is 2. The van der Waals surface area contributed by atoms with E-state index in [1.165, 1.54) is 22.8 Å². The highest BCUT2D eigenvalue weighted by atomic mass is 35.5. The lowest BCUT2D eigenvalue weighted by atomic mass is 9.95. The molecular formula is C21H17Cl2N3. The van der Waals surface area contributed by atoms with Crippen LogP contribution < -0.4 is 0 Å². The third-order valence-electron chi connectivity index (χ3n) is 5.54. The van der Waals surface area contributed by atoms with Crippen LogP contribution in [0.2, 0.25) is 10.4 Å². The number of nitrogens with zero attached hydrogens (tertiary/aromatic N) is 3. The molecule has 2 atom stereocenters. The van der Waals surface area contributed by atoms with E-state index in [0.717, 1.165) is 23.9 Å². The van der Waals surface area contributed by atoms with Crippen molar-refractivity contribution in [3.8, 4) is 0 Å². The highest BCUT2D eigenvalue weighted by molar-refractivity contribution is 6.35. The first-order valence-corrected chi connectivity index (χ1v) is 9.63. The second-order valence-corrected chi connectivity index (χ2v) is 7.71. The van der Waals surface area contributed by atoms with Crippen LogP contribution in [-0.4, -0.2) is 14.5 Å². The fraction of sp³-hybridized carbons (Fsp3) is 0.238. The standard InChI is InChI=1S/C21H17Cl2N3/c22-19-18-9-10-26(20(18)25-21(23)24-19)17-8-7-16(12-17)15-6-5-13-3-1-2-4-14(13)11-15/h1-6,9-11,16-17H,7-8,12H2. The van der Waals surface area contributed by atoms with Gasteiger partial charge >= 0.3 is 0 Å². The lowest BCUT2D eigenvalue weighted by molar-refractivity contribution is 0.523. The van der Waals surface area contributed by atoms with Crippen LogP contribution in [0.4, 0.5) is 0 Å². The Kier molecular flexibility index (Phi) is 3.87. The quantitative estimate of drug-likeness (QED) is 0.297. The third kappa shape index (κ3) is 2.67. The summed E-state index contributed by atoms with van der Waals surface area (Å²) in [4.78, 5) is 8.45. The Balaban J connectivity index is 1.47. The van der Waals surface area contributed by atoms with Gasteiger partial charge in [0, 0.05) is 12.2 Å². The molecule has 2 aromatic heterocycles. The Labute approximate surface area is 161 Å². The molecule has 26 heavy (non-hydrogen) atoms. The summed E-state index contributed by atoms with van der Waals surface area (Å²) in [5, 5.41) is 4.09. The fourth-order valence-electron chi connectivity index (χ4n) is 4.24. The monoisotopic (exact) mass is 381 g/mol. The summed E-state index contributed by atoms with van der Waals surface area (Å²) in [5.41, 5.74) is 2.26. The maximum absolute atomic E-state index is 6.21. The van der Waals surface area contributed by atoms with Gasteiger partial charge in [0.05, 0.1) is 5.39 Å². The van der Waals surface area contributed by atoms with E-state index in [0.29, 0.717) is 17.1 Å². The molecule has 0 bridgehead atoms. The summed E-state index contributed by atoms with van der Waals surface area (Å²) in [7, 11) is 0. The Hall–Kier alpha value is -2.10. The smallest absolute Gasteiger partial charge is 0.225 e. The number of benzene rings is 2. The molecule has 2 aromatic carbocycles. The van der Waals surface area contributed by atoms with Crippen LogP contribution in [0.15, 0.2) is 54.7 Å². The predicted molar refractivity (Wildman–Crippen MR) is 107 cm³/mol. The zero-order valence-electron chi connectivity index (χ0n) is 14.1. The van der Waals surface area contributed by atoms with Crippen molar-refractivity contribution in [3.05, 3.63) is 70.7 Å². The van der Waals surface area contributed by atoms with Crippen LogP contribution in [0.25, 0.3) is 21.8 Å². The van der Waals surface area contributed by atoms with Crippen LogP contribution in [0.5, 0.6) is 0 Å². The Morgan fingerprint density at radius 3 is 2.65 bits per heavy atom. The van der Waals surface area contributed by atoms with Crippen molar-refractivity contribution < 1.29 is 0 Å². The van der Waals surface area contributed by atoms with Gasteiger partial charge in [0.1, 0.15) is 10.8 Å². The van der Waals surface area contributed by atoms with Gasteiger partial charge in [0.2, 0.25) is 5.28 Å². The first-order chi connectivity index (χ1) is 12.7. The van der Waals surface area contributed by atoms with Gasteiger partial charge in [-0.2, -0.15) is 4.98 Å². The zero-order valence-corrected chi connectivity index (χ0v) is 15.6. The fourth-order valence-corrected chi connectivity index (χ4v) is 4.68. The average Bonchev–Trinajstić information content (AvgIpc) is 3.28. The second kappa shape index (κ2) is 6.26. The molecule has 0 saturated heterocycles. The number of hydrogen-bond donors (Lipinski definition) is 0. The van der Waals surface area contributed by atoms with E-state index < -0.39 is 0 Å². The van der Waals surface area contributed by atoms with Crippen LogP contribution in [-0.2, 0) is 0 Å². The normalized spacial score (nSPS) is 20.2. The molecule has 4 aromatic rings. The van der Waals surface area contributed by atoms with Crippen LogP contribution >= 0.6 is 23.2 Å². The molecule has 0 spiro atoms. The summed E-state index contributed by atoms with van der Waals surface area (Å²) >= 11 is 12.2. The van der Waals surface area contributed by atoms with Crippen molar-refractivity contribution >= 4 is 45.0 Å². The summed E-state index contributed by atoms with van der Waals surface area (Å²) in [5.74, 6) is 0.565. The molecule has 0 N–H and O–H groups in total. The van der Waals surface area contributed by atoms with Gasteiger partial charge in [-0.3, -0.25) is 0 Å². The zero-order chi connectivity index (χ0) is 17.7.